The Balaban J connectivity index is 3.68. The predicted molar refractivity (Wildman–Crippen MR) is 52.0 cm³/mol. The summed E-state index contributed by atoms with van der Waals surface area (Å²) in [5.41, 5.74) is -1.12. The van der Waals surface area contributed by atoms with Crippen LogP contribution >= 0.6 is 0 Å². The number of nitrogens with two attached hydrogens (primary N) is 1. The lowest BCUT2D eigenvalue weighted by atomic mass is 10.2. The summed E-state index contributed by atoms with van der Waals surface area (Å²) < 4.78 is 46.9. The molecule has 1 rings (SSSR count). The molecule has 2 N–H and O–H groups in total. The lowest BCUT2D eigenvalue weighted by Crippen LogP contribution is -2.17. The van der Waals surface area contributed by atoms with Gasteiger partial charge >= 0.3 is 12.2 Å². The summed E-state index contributed by atoms with van der Waals surface area (Å²) in [6, 6.07) is 0.747. The van der Waals surface area contributed by atoms with E-state index in [0.717, 1.165) is 13.0 Å². The van der Waals surface area contributed by atoms with Gasteiger partial charge < -0.3 is 10.1 Å². The van der Waals surface area contributed by atoms with Crippen molar-refractivity contribution >= 4 is 15.8 Å². The Morgan fingerprint density at radius 1 is 1.53 bits per heavy atom. The van der Waals surface area contributed by atoms with Crippen LogP contribution in [0.3, 0.4) is 0 Å². The lowest BCUT2D eigenvalue weighted by molar-refractivity contribution is -0.392. The van der Waals surface area contributed by atoms with Crippen LogP contribution in [0, 0.1) is 17.0 Å². The number of rotatable bonds is 3. The van der Waals surface area contributed by atoms with Gasteiger partial charge in [-0.05, 0) is 28.5 Å². The average molecular weight is 267 g/mol. The molecule has 0 saturated carbocycles. The van der Waals surface area contributed by atoms with Crippen molar-refractivity contribution in [3.63, 3.8) is 0 Å². The topological polar surface area (TPSA) is 116 Å². The molecule has 0 radical (unpaired) electrons. The van der Waals surface area contributed by atoms with Gasteiger partial charge in [0.1, 0.15) is 0 Å². The fraction of sp³-hybridized carbons (Fsp3) is 0.286. The number of nitro groups is 1. The van der Waals surface area contributed by atoms with Gasteiger partial charge in [0.05, 0.1) is 0 Å². The van der Waals surface area contributed by atoms with Gasteiger partial charge in [-0.25, -0.2) is 22.3 Å². The molecule has 17 heavy (non-hydrogen) atoms. The molecule has 1 heterocycles. The van der Waals surface area contributed by atoms with Gasteiger partial charge in [-0.15, -0.1) is 0 Å². The summed E-state index contributed by atoms with van der Waals surface area (Å²) in [6.45, 7) is 1.13. The SMILES string of the molecule is Cc1cc(C(F)F)nc([N+](=O)[O-])c1S(N)(=O)=O. The molecule has 0 aromatic carbocycles. The summed E-state index contributed by atoms with van der Waals surface area (Å²) in [5, 5.41) is 15.3. The maximum Gasteiger partial charge on any atom is 0.384 e. The number of hydrogen-bond donors (Lipinski definition) is 1. The molecule has 0 saturated heterocycles. The molecule has 94 valence electrons. The zero-order chi connectivity index (χ0) is 13.4. The molecule has 0 aliphatic carbocycles. The Hall–Kier alpha value is -1.68. The number of aromatic nitrogens is 1. The van der Waals surface area contributed by atoms with Crippen LogP contribution in [0.1, 0.15) is 17.7 Å². The van der Waals surface area contributed by atoms with Crippen LogP contribution in [0.5, 0.6) is 0 Å². The molecule has 0 unspecified atom stereocenters. The second-order valence-corrected chi connectivity index (χ2v) is 4.62. The number of aryl methyl sites for hydroxylation is 1. The lowest BCUT2D eigenvalue weighted by Gasteiger charge is -2.05. The van der Waals surface area contributed by atoms with Crippen LogP contribution in [0.2, 0.25) is 0 Å². The van der Waals surface area contributed by atoms with Gasteiger partial charge in [0.25, 0.3) is 0 Å². The maximum atomic E-state index is 12.4. The largest absolute Gasteiger partial charge is 0.384 e. The van der Waals surface area contributed by atoms with Crippen LogP contribution < -0.4 is 5.14 Å². The molecule has 1 aromatic heterocycles. The Morgan fingerprint density at radius 2 is 2.06 bits per heavy atom. The first-order chi connectivity index (χ1) is 7.64. The van der Waals surface area contributed by atoms with Crippen molar-refractivity contribution in [1.29, 1.82) is 0 Å². The number of hydrogen-bond acceptors (Lipinski definition) is 5. The zero-order valence-corrected chi connectivity index (χ0v) is 9.24. The minimum absolute atomic E-state index is 0.246. The van der Waals surface area contributed by atoms with Crippen molar-refractivity contribution in [2.45, 2.75) is 18.2 Å². The van der Waals surface area contributed by atoms with Gasteiger partial charge in [-0.1, -0.05) is 0 Å². The number of halogens is 2. The van der Waals surface area contributed by atoms with Gasteiger partial charge in [-0.3, -0.25) is 0 Å². The Labute approximate surface area is 94.5 Å². The van der Waals surface area contributed by atoms with Crippen LogP contribution in [0.15, 0.2) is 11.0 Å². The first-order valence-corrected chi connectivity index (χ1v) is 5.66. The second kappa shape index (κ2) is 4.30. The van der Waals surface area contributed by atoms with Crippen molar-refractivity contribution < 1.29 is 22.1 Å². The van der Waals surface area contributed by atoms with Crippen LogP contribution in [-0.4, -0.2) is 18.3 Å². The van der Waals surface area contributed by atoms with E-state index < -0.39 is 37.8 Å². The van der Waals surface area contributed by atoms with Crippen molar-refractivity contribution in [3.05, 3.63) is 27.4 Å². The van der Waals surface area contributed by atoms with Crippen molar-refractivity contribution in [2.24, 2.45) is 5.14 Å². The molecular weight excluding hydrogens is 260 g/mol. The highest BCUT2D eigenvalue weighted by Crippen LogP contribution is 2.28. The third kappa shape index (κ3) is 2.71. The minimum atomic E-state index is -4.40. The number of pyridine rings is 1. The van der Waals surface area contributed by atoms with Crippen molar-refractivity contribution in [3.8, 4) is 0 Å². The van der Waals surface area contributed by atoms with E-state index in [1.807, 2.05) is 0 Å². The standard InChI is InChI=1S/C7H7F2N3O4S/c1-3-2-4(6(8)9)11-7(12(13)14)5(3)17(10,15)16/h2,6H,1H3,(H2,10,15,16). The number of sulfonamides is 1. The summed E-state index contributed by atoms with van der Waals surface area (Å²) in [4.78, 5) is 11.5. The minimum Gasteiger partial charge on any atom is -0.358 e. The molecule has 0 spiro atoms. The van der Waals surface area contributed by atoms with E-state index in [0.29, 0.717) is 0 Å². The first-order valence-electron chi connectivity index (χ1n) is 4.11. The highest BCUT2D eigenvalue weighted by Gasteiger charge is 2.30. The molecule has 0 aliphatic heterocycles. The van der Waals surface area contributed by atoms with E-state index >= 15 is 0 Å². The fourth-order valence-corrected chi connectivity index (χ4v) is 2.14. The number of nitrogens with zero attached hydrogens (tertiary/aromatic N) is 2. The van der Waals surface area contributed by atoms with E-state index in [2.05, 4.69) is 4.98 Å². The molecule has 0 fully saturated rings. The quantitative estimate of drug-likeness (QED) is 0.644. The highest BCUT2D eigenvalue weighted by molar-refractivity contribution is 7.89. The Morgan fingerprint density at radius 3 is 2.41 bits per heavy atom. The molecule has 0 atom stereocenters. The van der Waals surface area contributed by atoms with Gasteiger partial charge in [0, 0.05) is 0 Å². The van der Waals surface area contributed by atoms with Gasteiger partial charge in [0.2, 0.25) is 15.7 Å². The molecular formula is C7H7F2N3O4S. The van der Waals surface area contributed by atoms with Crippen LogP contribution in [-0.2, 0) is 10.0 Å². The number of alkyl halides is 2. The molecule has 7 nitrogen and oxygen atoms in total. The summed E-state index contributed by atoms with van der Waals surface area (Å²) >= 11 is 0. The predicted octanol–water partition coefficient (Wildman–Crippen LogP) is 0.883. The Kier molecular flexibility index (Phi) is 3.38. The summed E-state index contributed by atoms with van der Waals surface area (Å²) in [5.74, 6) is -1.19. The average Bonchev–Trinajstić information content (AvgIpc) is 2.13. The van der Waals surface area contributed by atoms with E-state index in [-0.39, 0.29) is 5.56 Å². The highest BCUT2D eigenvalue weighted by atomic mass is 32.2. The Bertz CT molecular complexity index is 573. The smallest absolute Gasteiger partial charge is 0.358 e. The molecule has 10 heteroatoms. The van der Waals surface area contributed by atoms with Crippen molar-refractivity contribution in [2.75, 3.05) is 0 Å². The summed E-state index contributed by atoms with van der Waals surface area (Å²) in [6.07, 6.45) is -3.04. The van der Waals surface area contributed by atoms with E-state index in [9.17, 15) is 27.3 Å². The van der Waals surface area contributed by atoms with Crippen LogP contribution in [0.4, 0.5) is 14.6 Å². The van der Waals surface area contributed by atoms with Crippen LogP contribution in [0.25, 0.3) is 0 Å². The van der Waals surface area contributed by atoms with E-state index in [1.54, 1.807) is 0 Å². The van der Waals surface area contributed by atoms with Gasteiger partial charge in [-0.2, -0.15) is 0 Å². The maximum absolute atomic E-state index is 12.4. The van der Waals surface area contributed by atoms with E-state index in [1.165, 1.54) is 0 Å². The monoisotopic (exact) mass is 267 g/mol. The summed E-state index contributed by atoms with van der Waals surface area (Å²) in [7, 11) is -4.40. The third-order valence-electron chi connectivity index (χ3n) is 1.84. The molecule has 0 bridgehead atoms. The molecule has 0 amide bonds. The number of primary sulfonamides is 1. The zero-order valence-electron chi connectivity index (χ0n) is 8.42. The first kappa shape index (κ1) is 13.4. The third-order valence-corrected chi connectivity index (χ3v) is 2.92. The fourth-order valence-electron chi connectivity index (χ4n) is 1.26. The normalized spacial score (nSPS) is 11.8. The van der Waals surface area contributed by atoms with E-state index in [4.69, 9.17) is 5.14 Å². The van der Waals surface area contributed by atoms with Gasteiger partial charge in [0.15, 0.2) is 4.90 Å². The molecule has 0 aliphatic rings. The second-order valence-electron chi connectivity index (χ2n) is 3.12. The molecule has 1 aromatic rings. The van der Waals surface area contributed by atoms with Crippen molar-refractivity contribution in [1.82, 2.24) is 4.98 Å².